The number of nitrogens with zero attached hydrogens (tertiary/aromatic N) is 3. The molecule has 0 N–H and O–H groups in total. The minimum Gasteiger partial charge on any atom is -0.495 e. The zero-order valence-corrected chi connectivity index (χ0v) is 20.5. The van der Waals surface area contributed by atoms with E-state index in [0.29, 0.717) is 48.9 Å². The molecule has 0 spiro atoms. The number of benzene rings is 2. The highest BCUT2D eigenvalue weighted by atomic mass is 16.5. The molecule has 0 radical (unpaired) electrons. The van der Waals surface area contributed by atoms with Crippen molar-refractivity contribution in [2.45, 2.75) is 47.3 Å². The predicted octanol–water partition coefficient (Wildman–Crippen LogP) is 5.38. The van der Waals surface area contributed by atoms with Crippen LogP contribution in [-0.4, -0.2) is 29.4 Å². The smallest absolute Gasteiger partial charge is 0.254 e. The van der Waals surface area contributed by atoms with Crippen LogP contribution in [0.1, 0.15) is 57.7 Å². The summed E-state index contributed by atoms with van der Waals surface area (Å²) in [5.41, 5.74) is 5.78. The molecule has 0 saturated carbocycles. The fourth-order valence-corrected chi connectivity index (χ4v) is 4.02. The van der Waals surface area contributed by atoms with Crippen LogP contribution >= 0.6 is 0 Å². The van der Waals surface area contributed by atoms with Crippen molar-refractivity contribution < 1.29 is 14.3 Å². The Morgan fingerprint density at radius 1 is 1.12 bits per heavy atom. The van der Waals surface area contributed by atoms with Gasteiger partial charge in [0.15, 0.2) is 0 Å². The van der Waals surface area contributed by atoms with Crippen molar-refractivity contribution in [2.75, 3.05) is 13.7 Å². The zero-order chi connectivity index (χ0) is 24.7. The van der Waals surface area contributed by atoms with Gasteiger partial charge in [-0.25, -0.2) is 4.98 Å². The van der Waals surface area contributed by atoms with Gasteiger partial charge in [-0.1, -0.05) is 44.2 Å². The summed E-state index contributed by atoms with van der Waals surface area (Å²) in [4.78, 5) is 19.7. The summed E-state index contributed by atoms with van der Waals surface area (Å²) >= 11 is 0. The Balaban J connectivity index is 0.00000158. The Bertz CT molecular complexity index is 1200. The third kappa shape index (κ3) is 5.37. The first-order valence-electron chi connectivity index (χ1n) is 11.5. The SMILES string of the molecule is CC.COc1cc2c(cc1C#N)CCN(Cc1c(C)cc(C)nc1OCc1ccccc1)C2=O. The lowest BCUT2D eigenvalue weighted by Crippen LogP contribution is -2.37. The molecule has 4 rings (SSSR count). The van der Waals surface area contributed by atoms with Crippen molar-refractivity contribution in [2.24, 2.45) is 0 Å². The highest BCUT2D eigenvalue weighted by Crippen LogP contribution is 2.30. The van der Waals surface area contributed by atoms with Crippen molar-refractivity contribution in [3.63, 3.8) is 0 Å². The molecule has 0 fully saturated rings. The van der Waals surface area contributed by atoms with Crippen molar-refractivity contribution in [3.05, 3.63) is 87.6 Å². The third-order valence-corrected chi connectivity index (χ3v) is 5.72. The number of rotatable bonds is 6. The van der Waals surface area contributed by atoms with E-state index in [0.717, 1.165) is 27.9 Å². The van der Waals surface area contributed by atoms with Gasteiger partial charge in [0.05, 0.1) is 19.2 Å². The first kappa shape index (κ1) is 24.8. The third-order valence-electron chi connectivity index (χ3n) is 5.72. The van der Waals surface area contributed by atoms with E-state index in [1.54, 1.807) is 12.1 Å². The van der Waals surface area contributed by atoms with Gasteiger partial charge in [-0.15, -0.1) is 0 Å². The molecule has 2 aromatic carbocycles. The molecule has 0 aliphatic carbocycles. The van der Waals surface area contributed by atoms with Gasteiger partial charge in [0.1, 0.15) is 18.4 Å². The van der Waals surface area contributed by atoms with Gasteiger partial charge >= 0.3 is 0 Å². The number of amides is 1. The minimum atomic E-state index is -0.0805. The van der Waals surface area contributed by atoms with E-state index in [1.165, 1.54) is 7.11 Å². The number of hydrogen-bond donors (Lipinski definition) is 0. The largest absolute Gasteiger partial charge is 0.495 e. The van der Waals surface area contributed by atoms with Gasteiger partial charge < -0.3 is 14.4 Å². The van der Waals surface area contributed by atoms with E-state index in [1.807, 2.05) is 69.0 Å². The number of fused-ring (bicyclic) bond motifs is 1. The van der Waals surface area contributed by atoms with Crippen LogP contribution in [0.3, 0.4) is 0 Å². The number of ether oxygens (including phenoxy) is 2. The maximum Gasteiger partial charge on any atom is 0.254 e. The number of methoxy groups -OCH3 is 1. The van der Waals surface area contributed by atoms with Crippen LogP contribution in [-0.2, 0) is 19.6 Å². The molecular weight excluding hydrogens is 426 g/mol. The summed E-state index contributed by atoms with van der Waals surface area (Å²) in [6.07, 6.45) is 0.679. The van der Waals surface area contributed by atoms with Crippen molar-refractivity contribution in [1.29, 1.82) is 5.26 Å². The van der Waals surface area contributed by atoms with Crippen molar-refractivity contribution >= 4 is 5.91 Å². The molecule has 0 saturated heterocycles. The van der Waals surface area contributed by atoms with Crippen LogP contribution in [0.4, 0.5) is 0 Å². The average molecular weight is 458 g/mol. The zero-order valence-electron chi connectivity index (χ0n) is 20.5. The first-order chi connectivity index (χ1) is 16.5. The summed E-state index contributed by atoms with van der Waals surface area (Å²) in [5, 5.41) is 9.33. The molecule has 1 aromatic heterocycles. The number of pyridine rings is 1. The van der Waals surface area contributed by atoms with Crippen LogP contribution in [0.25, 0.3) is 0 Å². The number of carbonyl (C=O) groups is 1. The number of aryl methyl sites for hydroxylation is 2. The van der Waals surface area contributed by atoms with Gasteiger partial charge in [0, 0.05) is 23.4 Å². The second-order valence-corrected chi connectivity index (χ2v) is 7.94. The molecule has 3 aromatic rings. The summed E-state index contributed by atoms with van der Waals surface area (Å²) < 4.78 is 11.4. The quantitative estimate of drug-likeness (QED) is 0.497. The van der Waals surface area contributed by atoms with Gasteiger partial charge in [0.25, 0.3) is 5.91 Å². The molecule has 176 valence electrons. The van der Waals surface area contributed by atoms with Crippen LogP contribution in [0.15, 0.2) is 48.5 Å². The molecule has 1 amide bonds. The van der Waals surface area contributed by atoms with E-state index < -0.39 is 0 Å². The van der Waals surface area contributed by atoms with Gasteiger partial charge in [-0.2, -0.15) is 5.26 Å². The number of carbonyl (C=O) groups excluding carboxylic acids is 1. The number of hydrogen-bond acceptors (Lipinski definition) is 5. The fourth-order valence-electron chi connectivity index (χ4n) is 4.02. The van der Waals surface area contributed by atoms with E-state index in [2.05, 4.69) is 11.1 Å². The molecule has 0 atom stereocenters. The lowest BCUT2D eigenvalue weighted by Gasteiger charge is -2.30. The van der Waals surface area contributed by atoms with Crippen molar-refractivity contribution in [1.82, 2.24) is 9.88 Å². The Hall–Kier alpha value is -3.85. The first-order valence-corrected chi connectivity index (χ1v) is 11.5. The summed E-state index contributed by atoms with van der Waals surface area (Å²) in [6, 6.07) is 17.5. The number of aromatic nitrogens is 1. The highest BCUT2D eigenvalue weighted by molar-refractivity contribution is 5.97. The Kier molecular flexibility index (Phi) is 8.26. The van der Waals surface area contributed by atoms with Crippen LogP contribution in [0.2, 0.25) is 0 Å². The summed E-state index contributed by atoms with van der Waals surface area (Å²) in [7, 11) is 1.51. The van der Waals surface area contributed by atoms with E-state index >= 15 is 0 Å². The van der Waals surface area contributed by atoms with Gasteiger partial charge in [0.2, 0.25) is 5.88 Å². The van der Waals surface area contributed by atoms with Gasteiger partial charge in [-0.05, 0) is 55.2 Å². The molecule has 1 aliphatic rings. The summed E-state index contributed by atoms with van der Waals surface area (Å²) in [5.74, 6) is 0.895. The topological polar surface area (TPSA) is 75.4 Å². The molecule has 6 heteroatoms. The maximum absolute atomic E-state index is 13.3. The van der Waals surface area contributed by atoms with Crippen LogP contribution in [0, 0.1) is 25.2 Å². The Labute approximate surface area is 201 Å². The van der Waals surface area contributed by atoms with Gasteiger partial charge in [-0.3, -0.25) is 4.79 Å². The van der Waals surface area contributed by atoms with Crippen molar-refractivity contribution in [3.8, 4) is 17.7 Å². The highest BCUT2D eigenvalue weighted by Gasteiger charge is 2.28. The second-order valence-electron chi connectivity index (χ2n) is 7.94. The van der Waals surface area contributed by atoms with E-state index in [9.17, 15) is 10.1 Å². The molecule has 2 heterocycles. The molecular formula is C28H31N3O3. The number of nitriles is 1. The predicted molar refractivity (Wildman–Crippen MR) is 132 cm³/mol. The van der Waals surface area contributed by atoms with E-state index in [4.69, 9.17) is 9.47 Å². The molecule has 0 unspecified atom stereocenters. The van der Waals surface area contributed by atoms with Crippen LogP contribution in [0.5, 0.6) is 11.6 Å². The summed E-state index contributed by atoms with van der Waals surface area (Å²) in [6.45, 7) is 9.34. The minimum absolute atomic E-state index is 0.0805. The lowest BCUT2D eigenvalue weighted by atomic mass is 9.95. The Morgan fingerprint density at radius 2 is 1.85 bits per heavy atom. The Morgan fingerprint density at radius 3 is 2.53 bits per heavy atom. The monoisotopic (exact) mass is 457 g/mol. The maximum atomic E-state index is 13.3. The standard InChI is InChI=1S/C26H25N3O3.C2H6/c1-17-11-18(2)28-25(32-16-19-7-5-4-6-8-19)23(17)15-29-10-9-20-12-21(14-27)24(31-3)13-22(20)26(29)30;1-2/h4-8,11-13H,9-10,15-16H2,1-3H3;1-2H3. The lowest BCUT2D eigenvalue weighted by molar-refractivity contribution is 0.0724. The second kappa shape index (κ2) is 11.3. The van der Waals surface area contributed by atoms with Crippen LogP contribution < -0.4 is 9.47 Å². The molecule has 6 nitrogen and oxygen atoms in total. The fraction of sp³-hybridized carbons (Fsp3) is 0.321. The molecule has 34 heavy (non-hydrogen) atoms. The molecule has 0 bridgehead atoms. The average Bonchev–Trinajstić information content (AvgIpc) is 2.87. The molecule has 1 aliphatic heterocycles. The van der Waals surface area contributed by atoms with E-state index in [-0.39, 0.29) is 5.91 Å². The normalized spacial score (nSPS) is 12.2.